The van der Waals surface area contributed by atoms with Crippen molar-refractivity contribution in [1.29, 1.82) is 0 Å². The Bertz CT molecular complexity index is 696. The average molecular weight is 342 g/mol. The Labute approximate surface area is 148 Å². The lowest BCUT2D eigenvalue weighted by molar-refractivity contribution is -0.0154. The number of hydrogen-bond acceptors (Lipinski definition) is 3. The second-order valence-electron chi connectivity index (χ2n) is 6.33. The summed E-state index contributed by atoms with van der Waals surface area (Å²) in [4.78, 5) is 14.3. The first-order valence-corrected chi connectivity index (χ1v) is 8.87. The molecule has 0 unspecified atom stereocenters. The van der Waals surface area contributed by atoms with Gasteiger partial charge in [-0.05, 0) is 23.6 Å². The second-order valence-corrected chi connectivity index (χ2v) is 6.33. The largest absolute Gasteiger partial charge is 0.370 e. The summed E-state index contributed by atoms with van der Waals surface area (Å²) in [6, 6.07) is 10.4. The molecule has 2 aromatic rings. The van der Waals surface area contributed by atoms with Crippen LogP contribution in [0.3, 0.4) is 0 Å². The lowest BCUT2D eigenvalue weighted by atomic mass is 10.0. The molecule has 3 rings (SSSR count). The van der Waals surface area contributed by atoms with Crippen LogP contribution >= 0.6 is 0 Å². The molecule has 1 aliphatic rings. The normalized spacial score (nSPS) is 17.5. The molecule has 0 bridgehead atoms. The predicted molar refractivity (Wildman–Crippen MR) is 96.4 cm³/mol. The summed E-state index contributed by atoms with van der Waals surface area (Å²) in [5.74, 6) is 0. The molecule has 1 fully saturated rings. The van der Waals surface area contributed by atoms with E-state index in [0.717, 1.165) is 24.1 Å². The maximum Gasteiger partial charge on any atom is 0.317 e. The molecule has 1 N–H and O–H groups in total. The van der Waals surface area contributed by atoms with Gasteiger partial charge in [-0.15, -0.1) is 0 Å². The molecule has 1 aromatic heterocycles. The second kappa shape index (κ2) is 8.16. The van der Waals surface area contributed by atoms with Gasteiger partial charge in [-0.25, -0.2) is 4.79 Å². The fourth-order valence-corrected chi connectivity index (χ4v) is 3.06. The maximum atomic E-state index is 12.4. The molecule has 1 aromatic carbocycles. The van der Waals surface area contributed by atoms with E-state index in [1.807, 2.05) is 22.7 Å². The van der Waals surface area contributed by atoms with Gasteiger partial charge >= 0.3 is 6.03 Å². The van der Waals surface area contributed by atoms with Crippen molar-refractivity contribution in [3.8, 4) is 0 Å². The molecule has 6 nitrogen and oxygen atoms in total. The van der Waals surface area contributed by atoms with Crippen LogP contribution in [0.25, 0.3) is 0 Å². The maximum absolute atomic E-state index is 12.4. The number of nitrogens with one attached hydrogen (secondary N) is 1. The Morgan fingerprint density at radius 2 is 2.12 bits per heavy atom. The minimum atomic E-state index is -0.0533. The van der Waals surface area contributed by atoms with Gasteiger partial charge in [0.05, 0.1) is 13.2 Å². The smallest absolute Gasteiger partial charge is 0.317 e. The van der Waals surface area contributed by atoms with Gasteiger partial charge in [0, 0.05) is 38.4 Å². The van der Waals surface area contributed by atoms with Crippen LogP contribution < -0.4 is 5.32 Å². The first-order valence-electron chi connectivity index (χ1n) is 8.87. The average Bonchev–Trinajstić information content (AvgIpc) is 3.07. The van der Waals surface area contributed by atoms with Gasteiger partial charge in [-0.2, -0.15) is 5.10 Å². The van der Waals surface area contributed by atoms with E-state index in [-0.39, 0.29) is 12.1 Å². The van der Waals surface area contributed by atoms with Crippen LogP contribution in [0.1, 0.15) is 29.8 Å². The highest BCUT2D eigenvalue weighted by atomic mass is 16.5. The summed E-state index contributed by atoms with van der Waals surface area (Å²) in [6.45, 7) is 4.52. The molecule has 6 heteroatoms. The number of hydrogen-bond donors (Lipinski definition) is 1. The summed E-state index contributed by atoms with van der Waals surface area (Å²) in [5.41, 5.74) is 3.55. The SMILES string of the molecule is CCc1ccc([C@@H]2CN(C(=O)NCCc3ccnn3C)CCO2)cc1. The van der Waals surface area contributed by atoms with E-state index in [4.69, 9.17) is 4.74 Å². The topological polar surface area (TPSA) is 59.4 Å². The van der Waals surface area contributed by atoms with Crippen molar-refractivity contribution in [1.82, 2.24) is 20.0 Å². The van der Waals surface area contributed by atoms with Crippen LogP contribution in [0.4, 0.5) is 4.79 Å². The molecule has 0 radical (unpaired) electrons. The molecular weight excluding hydrogens is 316 g/mol. The lowest BCUT2D eigenvalue weighted by Crippen LogP contribution is -2.47. The van der Waals surface area contributed by atoms with Gasteiger partial charge in [0.15, 0.2) is 0 Å². The zero-order chi connectivity index (χ0) is 17.6. The number of carbonyl (C=O) groups excluding carboxylic acids is 1. The molecule has 134 valence electrons. The first kappa shape index (κ1) is 17.5. The minimum absolute atomic E-state index is 0.0272. The van der Waals surface area contributed by atoms with Crippen LogP contribution in [0, 0.1) is 0 Å². The summed E-state index contributed by atoms with van der Waals surface area (Å²) in [7, 11) is 1.91. The van der Waals surface area contributed by atoms with Gasteiger partial charge in [0.25, 0.3) is 0 Å². The zero-order valence-electron chi connectivity index (χ0n) is 14.9. The van der Waals surface area contributed by atoms with Gasteiger partial charge in [-0.1, -0.05) is 31.2 Å². The van der Waals surface area contributed by atoms with Crippen LogP contribution in [0.5, 0.6) is 0 Å². The molecule has 2 heterocycles. The van der Waals surface area contributed by atoms with E-state index in [9.17, 15) is 4.79 Å². The molecule has 1 atom stereocenters. The Kier molecular flexibility index (Phi) is 5.71. The molecule has 2 amide bonds. The van der Waals surface area contributed by atoms with Crippen molar-refractivity contribution in [2.75, 3.05) is 26.2 Å². The van der Waals surface area contributed by atoms with Crippen LogP contribution in [0.15, 0.2) is 36.5 Å². The molecule has 0 aliphatic carbocycles. The number of nitrogens with zero attached hydrogens (tertiary/aromatic N) is 3. The van der Waals surface area contributed by atoms with Crippen LogP contribution in [0.2, 0.25) is 0 Å². The molecular formula is C19H26N4O2. The highest BCUT2D eigenvalue weighted by Crippen LogP contribution is 2.22. The third kappa shape index (κ3) is 4.39. The van der Waals surface area contributed by atoms with Crippen molar-refractivity contribution in [2.45, 2.75) is 25.9 Å². The fraction of sp³-hybridized carbons (Fsp3) is 0.474. The number of aryl methyl sites for hydroxylation is 2. The van der Waals surface area contributed by atoms with E-state index >= 15 is 0 Å². The van der Waals surface area contributed by atoms with E-state index in [0.29, 0.717) is 26.2 Å². The highest BCUT2D eigenvalue weighted by molar-refractivity contribution is 5.74. The summed E-state index contributed by atoms with van der Waals surface area (Å²) in [5, 5.41) is 7.14. The number of amides is 2. The predicted octanol–water partition coefficient (Wildman–Crippen LogP) is 2.31. The number of rotatable bonds is 5. The van der Waals surface area contributed by atoms with Crippen molar-refractivity contribution in [2.24, 2.45) is 7.05 Å². The highest BCUT2D eigenvalue weighted by Gasteiger charge is 2.25. The number of benzene rings is 1. The Morgan fingerprint density at radius 1 is 1.32 bits per heavy atom. The van der Waals surface area contributed by atoms with Gasteiger partial charge in [-0.3, -0.25) is 4.68 Å². The van der Waals surface area contributed by atoms with Crippen LogP contribution in [-0.2, 0) is 24.6 Å². The molecule has 1 aliphatic heterocycles. The van der Waals surface area contributed by atoms with E-state index in [1.165, 1.54) is 5.56 Å². The monoisotopic (exact) mass is 342 g/mol. The number of morpholine rings is 1. The summed E-state index contributed by atoms with van der Waals surface area (Å²) >= 11 is 0. The Morgan fingerprint density at radius 3 is 2.80 bits per heavy atom. The third-order valence-corrected chi connectivity index (χ3v) is 4.69. The van der Waals surface area contributed by atoms with Gasteiger partial charge in [0.2, 0.25) is 0 Å². The Hall–Kier alpha value is -2.34. The van der Waals surface area contributed by atoms with E-state index < -0.39 is 0 Å². The van der Waals surface area contributed by atoms with Gasteiger partial charge < -0.3 is 15.0 Å². The molecule has 1 saturated heterocycles. The number of ether oxygens (including phenoxy) is 1. The Balaban J connectivity index is 1.51. The number of urea groups is 1. The van der Waals surface area contributed by atoms with Crippen molar-refractivity contribution in [3.05, 3.63) is 53.3 Å². The van der Waals surface area contributed by atoms with E-state index in [2.05, 4.69) is 41.6 Å². The van der Waals surface area contributed by atoms with Crippen molar-refractivity contribution in [3.63, 3.8) is 0 Å². The van der Waals surface area contributed by atoms with Crippen molar-refractivity contribution < 1.29 is 9.53 Å². The standard InChI is InChI=1S/C19H26N4O2/c1-3-15-4-6-16(7-5-15)18-14-23(12-13-25-18)19(24)20-10-8-17-9-11-21-22(17)2/h4-7,9,11,18H,3,8,10,12-14H2,1-2H3,(H,20,24)/t18-/m0/s1. The van der Waals surface area contributed by atoms with Gasteiger partial charge in [0.1, 0.15) is 6.10 Å². The fourth-order valence-electron chi connectivity index (χ4n) is 3.06. The molecule has 0 saturated carbocycles. The molecule has 0 spiro atoms. The minimum Gasteiger partial charge on any atom is -0.370 e. The lowest BCUT2D eigenvalue weighted by Gasteiger charge is -2.33. The third-order valence-electron chi connectivity index (χ3n) is 4.69. The summed E-state index contributed by atoms with van der Waals surface area (Å²) in [6.07, 6.45) is 3.52. The molecule has 25 heavy (non-hydrogen) atoms. The zero-order valence-corrected chi connectivity index (χ0v) is 14.9. The first-order chi connectivity index (χ1) is 12.2. The quantitative estimate of drug-likeness (QED) is 0.907. The number of aromatic nitrogens is 2. The summed E-state index contributed by atoms with van der Waals surface area (Å²) < 4.78 is 7.69. The van der Waals surface area contributed by atoms with Crippen LogP contribution in [-0.4, -0.2) is 47.0 Å². The number of carbonyl (C=O) groups is 1. The van der Waals surface area contributed by atoms with Crippen molar-refractivity contribution >= 4 is 6.03 Å². The van der Waals surface area contributed by atoms with E-state index in [1.54, 1.807) is 6.20 Å².